The first-order valence-corrected chi connectivity index (χ1v) is 2.98. The van der Waals surface area contributed by atoms with Gasteiger partial charge in [-0.15, -0.1) is 0 Å². The number of anilines is 1. The normalized spacial score (nSPS) is 9.73. The predicted molar refractivity (Wildman–Crippen MR) is 37.7 cm³/mol. The lowest BCUT2D eigenvalue weighted by atomic mass is 10.5. The lowest BCUT2D eigenvalue weighted by Gasteiger charge is -2.03. The zero-order valence-corrected chi connectivity index (χ0v) is 6.26. The van der Waals surface area contributed by atoms with Gasteiger partial charge in [0.15, 0.2) is 5.69 Å². The Hall–Kier alpha value is -1.39. The van der Waals surface area contributed by atoms with Crippen molar-refractivity contribution >= 4 is 5.69 Å². The second-order valence-corrected chi connectivity index (χ2v) is 1.98. The third-order valence-electron chi connectivity index (χ3n) is 1.17. The minimum atomic E-state index is -0.741. The number of aryl methyl sites for hydroxylation is 1. The van der Waals surface area contributed by atoms with Crippen LogP contribution >= 0.6 is 0 Å². The van der Waals surface area contributed by atoms with Crippen molar-refractivity contribution in [2.75, 3.05) is 12.8 Å². The van der Waals surface area contributed by atoms with Gasteiger partial charge in [0.2, 0.25) is 11.8 Å². The Morgan fingerprint density at radius 2 is 2.09 bits per heavy atom. The van der Waals surface area contributed by atoms with Gasteiger partial charge in [0, 0.05) is 0 Å². The van der Waals surface area contributed by atoms with E-state index < -0.39 is 5.95 Å². The lowest BCUT2D eigenvalue weighted by molar-refractivity contribution is 0.392. The van der Waals surface area contributed by atoms with E-state index in [1.807, 2.05) is 0 Å². The van der Waals surface area contributed by atoms with Crippen molar-refractivity contribution in [3.8, 4) is 5.88 Å². The molecule has 0 amide bonds. The topological polar surface area (TPSA) is 61.0 Å². The Bertz CT molecular complexity index is 277. The van der Waals surface area contributed by atoms with Crippen molar-refractivity contribution in [3.05, 3.63) is 11.8 Å². The molecule has 2 N–H and O–H groups in total. The molecule has 0 fully saturated rings. The molecule has 0 saturated carbocycles. The first kappa shape index (κ1) is 7.71. The van der Waals surface area contributed by atoms with Crippen LogP contribution in [0, 0.1) is 12.9 Å². The maximum absolute atomic E-state index is 12.7. The fraction of sp³-hybridized carbons (Fsp3) is 0.333. The summed E-state index contributed by atoms with van der Waals surface area (Å²) >= 11 is 0. The molecule has 0 atom stereocenters. The Labute approximate surface area is 63.2 Å². The minimum Gasteiger partial charge on any atom is -0.479 e. The number of nitrogens with zero attached hydrogens (tertiary/aromatic N) is 2. The Morgan fingerprint density at radius 1 is 1.45 bits per heavy atom. The number of aromatic nitrogens is 2. The highest BCUT2D eigenvalue weighted by atomic mass is 19.1. The molecule has 1 aromatic rings. The fourth-order valence-electron chi connectivity index (χ4n) is 0.678. The molecule has 1 rings (SSSR count). The Kier molecular flexibility index (Phi) is 1.89. The summed E-state index contributed by atoms with van der Waals surface area (Å²) in [5.41, 5.74) is 5.08. The van der Waals surface area contributed by atoms with E-state index in [0.717, 1.165) is 0 Å². The average molecular weight is 157 g/mol. The van der Waals surface area contributed by atoms with Crippen LogP contribution in [-0.4, -0.2) is 17.1 Å². The third-order valence-corrected chi connectivity index (χ3v) is 1.17. The van der Waals surface area contributed by atoms with Gasteiger partial charge in [0.25, 0.3) is 0 Å². The van der Waals surface area contributed by atoms with Gasteiger partial charge in [-0.3, -0.25) is 0 Å². The highest BCUT2D eigenvalue weighted by Gasteiger charge is 2.08. The van der Waals surface area contributed by atoms with Crippen LogP contribution in [0.3, 0.4) is 0 Å². The van der Waals surface area contributed by atoms with E-state index in [0.29, 0.717) is 5.82 Å². The summed E-state index contributed by atoms with van der Waals surface area (Å²) in [5, 5.41) is 0. The SMILES string of the molecule is COc1nc(C)nc(F)c1N. The molecular formula is C6H8FN3O. The first-order chi connectivity index (χ1) is 5.15. The fourth-order valence-corrected chi connectivity index (χ4v) is 0.678. The van der Waals surface area contributed by atoms with E-state index in [1.165, 1.54) is 7.11 Å². The molecule has 4 nitrogen and oxygen atoms in total. The number of halogens is 1. The van der Waals surface area contributed by atoms with Crippen LogP contribution in [0.15, 0.2) is 0 Å². The highest BCUT2D eigenvalue weighted by molar-refractivity contribution is 5.46. The van der Waals surface area contributed by atoms with E-state index in [9.17, 15) is 4.39 Å². The van der Waals surface area contributed by atoms with Gasteiger partial charge < -0.3 is 10.5 Å². The molecule has 0 bridgehead atoms. The molecule has 5 heteroatoms. The van der Waals surface area contributed by atoms with Crippen LogP contribution in [0.25, 0.3) is 0 Å². The van der Waals surface area contributed by atoms with Crippen LogP contribution in [0.2, 0.25) is 0 Å². The molecule has 0 spiro atoms. The summed E-state index contributed by atoms with van der Waals surface area (Å²) in [6, 6.07) is 0. The van der Waals surface area contributed by atoms with Gasteiger partial charge in [-0.2, -0.15) is 9.37 Å². The third kappa shape index (κ3) is 1.36. The molecule has 0 aliphatic rings. The van der Waals surface area contributed by atoms with Crippen molar-refractivity contribution in [1.29, 1.82) is 0 Å². The van der Waals surface area contributed by atoms with E-state index in [1.54, 1.807) is 6.92 Å². The second kappa shape index (κ2) is 2.69. The van der Waals surface area contributed by atoms with Crippen LogP contribution < -0.4 is 10.5 Å². The summed E-state index contributed by atoms with van der Waals surface area (Å²) in [5.74, 6) is -0.363. The first-order valence-electron chi connectivity index (χ1n) is 2.98. The lowest BCUT2D eigenvalue weighted by Crippen LogP contribution is -2.03. The molecule has 0 aliphatic carbocycles. The standard InChI is InChI=1S/C6H8FN3O/c1-3-9-5(7)4(8)6(10-3)11-2/h8H2,1-2H3. The number of hydrogen-bond donors (Lipinski definition) is 1. The quantitative estimate of drug-likeness (QED) is 0.603. The van der Waals surface area contributed by atoms with Gasteiger partial charge in [-0.1, -0.05) is 0 Å². The maximum Gasteiger partial charge on any atom is 0.243 e. The molecule has 11 heavy (non-hydrogen) atoms. The van der Waals surface area contributed by atoms with Crippen LogP contribution in [-0.2, 0) is 0 Å². The monoisotopic (exact) mass is 157 g/mol. The van der Waals surface area contributed by atoms with Crippen LogP contribution in [0.4, 0.5) is 10.1 Å². The average Bonchev–Trinajstić information content (AvgIpc) is 1.96. The summed E-state index contributed by atoms with van der Waals surface area (Å²) in [6.07, 6.45) is 0. The largest absolute Gasteiger partial charge is 0.479 e. The summed E-state index contributed by atoms with van der Waals surface area (Å²) < 4.78 is 17.4. The van der Waals surface area contributed by atoms with Crippen molar-refractivity contribution in [1.82, 2.24) is 9.97 Å². The van der Waals surface area contributed by atoms with Gasteiger partial charge in [0.05, 0.1) is 7.11 Å². The second-order valence-electron chi connectivity index (χ2n) is 1.98. The zero-order chi connectivity index (χ0) is 8.43. The van der Waals surface area contributed by atoms with Gasteiger partial charge in [-0.25, -0.2) is 4.98 Å². The molecule has 60 valence electrons. The maximum atomic E-state index is 12.7. The Morgan fingerprint density at radius 3 is 2.64 bits per heavy atom. The van der Waals surface area contributed by atoms with Gasteiger partial charge in [0.1, 0.15) is 5.82 Å². The molecule has 0 aliphatic heterocycles. The molecule has 1 heterocycles. The van der Waals surface area contributed by atoms with E-state index >= 15 is 0 Å². The van der Waals surface area contributed by atoms with Crippen LogP contribution in [0.5, 0.6) is 5.88 Å². The van der Waals surface area contributed by atoms with E-state index in [4.69, 9.17) is 10.5 Å². The summed E-state index contributed by atoms with van der Waals surface area (Å²) in [7, 11) is 1.37. The number of rotatable bonds is 1. The number of hydrogen-bond acceptors (Lipinski definition) is 4. The number of methoxy groups -OCH3 is 1. The molecule has 1 aromatic heterocycles. The molecule has 0 radical (unpaired) electrons. The van der Waals surface area contributed by atoms with Crippen molar-refractivity contribution in [2.45, 2.75) is 6.92 Å². The van der Waals surface area contributed by atoms with Gasteiger partial charge in [-0.05, 0) is 6.92 Å². The van der Waals surface area contributed by atoms with Crippen LogP contribution in [0.1, 0.15) is 5.82 Å². The van der Waals surface area contributed by atoms with Crippen molar-refractivity contribution < 1.29 is 9.13 Å². The molecule has 0 saturated heterocycles. The van der Waals surface area contributed by atoms with Crippen molar-refractivity contribution in [3.63, 3.8) is 0 Å². The zero-order valence-electron chi connectivity index (χ0n) is 6.26. The molecule has 0 unspecified atom stereocenters. The van der Waals surface area contributed by atoms with E-state index in [2.05, 4.69) is 9.97 Å². The van der Waals surface area contributed by atoms with E-state index in [-0.39, 0.29) is 11.6 Å². The number of ether oxygens (including phenoxy) is 1. The summed E-state index contributed by atoms with van der Waals surface area (Å²) in [4.78, 5) is 7.15. The number of nitrogen functional groups attached to an aromatic ring is 1. The molecular weight excluding hydrogens is 149 g/mol. The minimum absolute atomic E-state index is 0.0787. The Balaban J connectivity index is 3.24. The number of nitrogens with two attached hydrogens (primary N) is 1. The molecule has 0 aromatic carbocycles. The smallest absolute Gasteiger partial charge is 0.243 e. The summed E-state index contributed by atoms with van der Waals surface area (Å²) in [6.45, 7) is 1.56. The highest BCUT2D eigenvalue weighted by Crippen LogP contribution is 2.18. The van der Waals surface area contributed by atoms with Gasteiger partial charge >= 0.3 is 0 Å². The van der Waals surface area contributed by atoms with Crippen molar-refractivity contribution in [2.24, 2.45) is 0 Å². The predicted octanol–water partition coefficient (Wildman–Crippen LogP) is 0.515.